The number of aliphatic hydroxyl groups excluding tert-OH is 1. The van der Waals surface area contributed by atoms with E-state index in [0.717, 1.165) is 22.6 Å². The van der Waals surface area contributed by atoms with Crippen molar-refractivity contribution >= 4 is 23.1 Å². The molecule has 1 fully saturated rings. The van der Waals surface area contributed by atoms with Crippen LogP contribution in [0.1, 0.15) is 17.5 Å². The molecule has 2 N–H and O–H groups in total. The number of imidazole rings is 1. The van der Waals surface area contributed by atoms with Crippen molar-refractivity contribution in [1.29, 1.82) is 0 Å². The fourth-order valence-corrected chi connectivity index (χ4v) is 4.30. The Kier molecular flexibility index (Phi) is 5.35. The summed E-state index contributed by atoms with van der Waals surface area (Å²) in [6.45, 7) is 3.11. The van der Waals surface area contributed by atoms with Gasteiger partial charge < -0.3 is 24.6 Å². The minimum absolute atomic E-state index is 0.202. The maximum Gasteiger partial charge on any atom is 0.267 e. The highest BCUT2D eigenvalue weighted by molar-refractivity contribution is 5.71. The standard InChI is InChI=1S/C23H25F2N7O2/c1-14-7-16(8-19(34-3)15(14)2)30-10-20(26-13-30)27-22-28-21(18-5-4-6-32(18)29-22)31-12-23(24,25)9-17(31)11-33/h4-8,10,13,17,33H,9,11-12H2,1-3H3,(H,27,29)/t17-/m0/s1. The van der Waals surface area contributed by atoms with Gasteiger partial charge in [0.1, 0.15) is 17.6 Å². The van der Waals surface area contributed by atoms with Gasteiger partial charge in [-0.05, 0) is 43.2 Å². The summed E-state index contributed by atoms with van der Waals surface area (Å²) in [5, 5.41) is 17.2. The lowest BCUT2D eigenvalue weighted by atomic mass is 10.1. The number of nitrogens with zero attached hydrogens (tertiary/aromatic N) is 6. The number of halogens is 2. The number of anilines is 3. The van der Waals surface area contributed by atoms with Crippen LogP contribution in [0.25, 0.3) is 11.2 Å². The zero-order chi connectivity index (χ0) is 24.0. The number of rotatable bonds is 6. The first-order chi connectivity index (χ1) is 16.3. The predicted molar refractivity (Wildman–Crippen MR) is 124 cm³/mol. The molecule has 5 rings (SSSR count). The minimum atomic E-state index is -2.90. The van der Waals surface area contributed by atoms with E-state index in [9.17, 15) is 13.9 Å². The van der Waals surface area contributed by atoms with Crippen LogP contribution in [0.5, 0.6) is 5.75 Å². The molecule has 0 spiro atoms. The number of alkyl halides is 2. The van der Waals surface area contributed by atoms with Crippen LogP contribution in [-0.2, 0) is 0 Å². The maximum absolute atomic E-state index is 14.1. The molecule has 1 saturated heterocycles. The number of nitrogens with one attached hydrogen (secondary N) is 1. The quantitative estimate of drug-likeness (QED) is 0.447. The Morgan fingerprint density at radius 1 is 1.29 bits per heavy atom. The molecule has 0 aliphatic carbocycles. The molecule has 0 bridgehead atoms. The van der Waals surface area contributed by atoms with Gasteiger partial charge in [-0.3, -0.25) is 0 Å². The molecule has 1 atom stereocenters. The molecule has 178 valence electrons. The summed E-state index contributed by atoms with van der Waals surface area (Å²) in [7, 11) is 1.64. The summed E-state index contributed by atoms with van der Waals surface area (Å²) in [6.07, 6.45) is 4.73. The second-order valence-corrected chi connectivity index (χ2v) is 8.50. The molecule has 0 amide bonds. The first-order valence-electron chi connectivity index (χ1n) is 10.9. The third-order valence-electron chi connectivity index (χ3n) is 6.18. The Hall–Kier alpha value is -3.73. The van der Waals surface area contributed by atoms with Gasteiger partial charge in [-0.1, -0.05) is 0 Å². The van der Waals surface area contributed by atoms with Crippen molar-refractivity contribution in [3.63, 3.8) is 0 Å². The number of fused-ring (bicyclic) bond motifs is 1. The highest BCUT2D eigenvalue weighted by atomic mass is 19.3. The zero-order valence-corrected chi connectivity index (χ0v) is 19.0. The van der Waals surface area contributed by atoms with Crippen LogP contribution in [0.4, 0.5) is 26.4 Å². The lowest BCUT2D eigenvalue weighted by Gasteiger charge is -2.24. The summed E-state index contributed by atoms with van der Waals surface area (Å²) < 4.78 is 37.1. The van der Waals surface area contributed by atoms with Crippen LogP contribution < -0.4 is 15.0 Å². The van der Waals surface area contributed by atoms with Crippen molar-refractivity contribution in [2.24, 2.45) is 0 Å². The van der Waals surface area contributed by atoms with E-state index in [-0.39, 0.29) is 12.6 Å². The number of aryl methyl sites for hydroxylation is 1. The van der Waals surface area contributed by atoms with Crippen molar-refractivity contribution in [1.82, 2.24) is 24.1 Å². The maximum atomic E-state index is 14.1. The Morgan fingerprint density at radius 2 is 2.12 bits per heavy atom. The second-order valence-electron chi connectivity index (χ2n) is 8.50. The molecule has 1 aliphatic rings. The minimum Gasteiger partial charge on any atom is -0.496 e. The summed E-state index contributed by atoms with van der Waals surface area (Å²) in [4.78, 5) is 10.4. The van der Waals surface area contributed by atoms with E-state index >= 15 is 0 Å². The van der Waals surface area contributed by atoms with E-state index in [1.54, 1.807) is 42.5 Å². The summed E-state index contributed by atoms with van der Waals surface area (Å²) in [5.74, 6) is -1.10. The molecule has 4 aromatic rings. The molecule has 11 heteroatoms. The van der Waals surface area contributed by atoms with Gasteiger partial charge in [0.25, 0.3) is 5.92 Å². The van der Waals surface area contributed by atoms with Gasteiger partial charge >= 0.3 is 0 Å². The van der Waals surface area contributed by atoms with Crippen LogP contribution in [0.2, 0.25) is 0 Å². The lowest BCUT2D eigenvalue weighted by molar-refractivity contribution is 0.0201. The molecular formula is C23H25F2N7O2. The predicted octanol–water partition coefficient (Wildman–Crippen LogP) is 3.49. The molecule has 4 heterocycles. The van der Waals surface area contributed by atoms with Crippen LogP contribution in [0.15, 0.2) is 43.0 Å². The van der Waals surface area contributed by atoms with Crippen LogP contribution >= 0.6 is 0 Å². The average molecular weight is 469 g/mol. The largest absolute Gasteiger partial charge is 0.496 e. The van der Waals surface area contributed by atoms with E-state index in [0.29, 0.717) is 17.2 Å². The van der Waals surface area contributed by atoms with Crippen molar-refractivity contribution in [2.75, 3.05) is 30.5 Å². The molecule has 34 heavy (non-hydrogen) atoms. The van der Waals surface area contributed by atoms with Crippen molar-refractivity contribution in [2.45, 2.75) is 32.2 Å². The van der Waals surface area contributed by atoms with E-state index in [4.69, 9.17) is 4.74 Å². The summed E-state index contributed by atoms with van der Waals surface area (Å²) in [6, 6.07) is 6.76. The second kappa shape index (κ2) is 8.24. The molecule has 0 radical (unpaired) electrons. The summed E-state index contributed by atoms with van der Waals surface area (Å²) in [5.41, 5.74) is 3.62. The first kappa shape index (κ1) is 22.1. The van der Waals surface area contributed by atoms with Crippen molar-refractivity contribution < 1.29 is 18.6 Å². The van der Waals surface area contributed by atoms with Gasteiger partial charge in [0.15, 0.2) is 11.6 Å². The molecule has 1 aliphatic heterocycles. The van der Waals surface area contributed by atoms with Crippen molar-refractivity contribution in [3.8, 4) is 11.4 Å². The van der Waals surface area contributed by atoms with Gasteiger partial charge in [0.05, 0.1) is 38.2 Å². The normalized spacial score (nSPS) is 17.5. The number of benzene rings is 1. The SMILES string of the molecule is COc1cc(-n2cnc(Nc3nc(N4CC(F)(F)C[C@H]4CO)c4cccn4n3)c2)cc(C)c1C. The van der Waals surface area contributed by atoms with Gasteiger partial charge in [-0.15, -0.1) is 5.10 Å². The Labute approximate surface area is 194 Å². The van der Waals surface area contributed by atoms with Crippen LogP contribution in [0.3, 0.4) is 0 Å². The zero-order valence-electron chi connectivity index (χ0n) is 19.0. The number of hydrogen-bond donors (Lipinski definition) is 2. The fraction of sp³-hybridized carbons (Fsp3) is 0.348. The van der Waals surface area contributed by atoms with Gasteiger partial charge in [-0.2, -0.15) is 4.98 Å². The van der Waals surface area contributed by atoms with Gasteiger partial charge in [0, 0.05) is 18.7 Å². The molecule has 3 aromatic heterocycles. The molecule has 9 nitrogen and oxygen atoms in total. The fourth-order valence-electron chi connectivity index (χ4n) is 4.30. The van der Waals surface area contributed by atoms with Gasteiger partial charge in [-0.25, -0.2) is 18.3 Å². The highest BCUT2D eigenvalue weighted by Gasteiger charge is 2.45. The Bertz CT molecular complexity index is 1350. The third kappa shape index (κ3) is 3.92. The van der Waals surface area contributed by atoms with Crippen molar-refractivity contribution in [3.05, 3.63) is 54.1 Å². The van der Waals surface area contributed by atoms with E-state index < -0.39 is 24.9 Å². The number of aliphatic hydroxyl groups is 1. The van der Waals surface area contributed by atoms with E-state index in [2.05, 4.69) is 20.4 Å². The lowest BCUT2D eigenvalue weighted by Crippen LogP contribution is -2.34. The number of methoxy groups -OCH3 is 1. The Morgan fingerprint density at radius 3 is 2.88 bits per heavy atom. The molecule has 0 unspecified atom stereocenters. The average Bonchev–Trinajstić information content (AvgIpc) is 3.53. The monoisotopic (exact) mass is 469 g/mol. The van der Waals surface area contributed by atoms with E-state index in [1.165, 1.54) is 4.90 Å². The highest BCUT2D eigenvalue weighted by Crippen LogP contribution is 2.36. The number of aromatic nitrogens is 5. The topological polar surface area (TPSA) is 92.7 Å². The van der Waals surface area contributed by atoms with Crippen LogP contribution in [0, 0.1) is 13.8 Å². The first-order valence-corrected chi connectivity index (χ1v) is 10.9. The van der Waals surface area contributed by atoms with Crippen LogP contribution in [-0.4, -0.2) is 61.5 Å². The van der Waals surface area contributed by atoms with E-state index in [1.807, 2.05) is 30.5 Å². The summed E-state index contributed by atoms with van der Waals surface area (Å²) >= 11 is 0. The molecular weight excluding hydrogens is 444 g/mol. The Balaban J connectivity index is 1.47. The van der Waals surface area contributed by atoms with Gasteiger partial charge in [0.2, 0.25) is 5.95 Å². The number of hydrogen-bond acceptors (Lipinski definition) is 7. The third-order valence-corrected chi connectivity index (χ3v) is 6.18. The molecule has 1 aromatic carbocycles. The molecule has 0 saturated carbocycles. The number of ether oxygens (including phenoxy) is 1. The smallest absolute Gasteiger partial charge is 0.267 e.